The molecule has 0 aliphatic carbocycles. The van der Waals surface area contributed by atoms with E-state index in [2.05, 4.69) is 16.0 Å². The van der Waals surface area contributed by atoms with Crippen LogP contribution in [0.4, 0.5) is 5.69 Å². The molecule has 6 nitrogen and oxygen atoms in total. The minimum absolute atomic E-state index is 0.0416. The summed E-state index contributed by atoms with van der Waals surface area (Å²) in [7, 11) is 0. The van der Waals surface area contributed by atoms with Gasteiger partial charge in [0.1, 0.15) is 0 Å². The maximum atomic E-state index is 12.0. The van der Waals surface area contributed by atoms with Crippen molar-refractivity contribution in [3.05, 3.63) is 52.2 Å². The summed E-state index contributed by atoms with van der Waals surface area (Å²) in [5, 5.41) is 10.1. The SMILES string of the molecule is CC(C)C(=O)NCCNC(=O)c1ccc(NC(=O)c2cccs2)cc1. The highest BCUT2D eigenvalue weighted by atomic mass is 32.1. The third kappa shape index (κ3) is 5.72. The van der Waals surface area contributed by atoms with Gasteiger partial charge in [-0.15, -0.1) is 11.3 Å². The number of thiophene rings is 1. The van der Waals surface area contributed by atoms with Crippen molar-refractivity contribution in [3.8, 4) is 0 Å². The average Bonchev–Trinajstić information content (AvgIpc) is 3.13. The van der Waals surface area contributed by atoms with Crippen LogP contribution in [-0.2, 0) is 4.79 Å². The average molecular weight is 359 g/mol. The van der Waals surface area contributed by atoms with E-state index in [1.165, 1.54) is 11.3 Å². The summed E-state index contributed by atoms with van der Waals surface area (Å²) in [5.41, 5.74) is 1.11. The zero-order valence-corrected chi connectivity index (χ0v) is 15.0. The number of amides is 3. The van der Waals surface area contributed by atoms with Crippen LogP contribution in [0.1, 0.15) is 33.9 Å². The van der Waals surface area contributed by atoms with Gasteiger partial charge < -0.3 is 16.0 Å². The van der Waals surface area contributed by atoms with Crippen molar-refractivity contribution in [1.82, 2.24) is 10.6 Å². The van der Waals surface area contributed by atoms with Gasteiger partial charge in [0, 0.05) is 30.3 Å². The number of anilines is 1. The molecule has 0 bridgehead atoms. The van der Waals surface area contributed by atoms with Crippen molar-refractivity contribution in [2.24, 2.45) is 5.92 Å². The monoisotopic (exact) mass is 359 g/mol. The molecule has 132 valence electrons. The van der Waals surface area contributed by atoms with Gasteiger partial charge in [-0.05, 0) is 35.7 Å². The summed E-state index contributed by atoms with van der Waals surface area (Å²) in [4.78, 5) is 36.0. The van der Waals surface area contributed by atoms with Crippen LogP contribution in [0.5, 0.6) is 0 Å². The smallest absolute Gasteiger partial charge is 0.265 e. The highest BCUT2D eigenvalue weighted by Crippen LogP contribution is 2.14. The van der Waals surface area contributed by atoms with Gasteiger partial charge in [-0.2, -0.15) is 0 Å². The summed E-state index contributed by atoms with van der Waals surface area (Å²) in [5.74, 6) is -0.518. The van der Waals surface area contributed by atoms with Crippen LogP contribution in [0.25, 0.3) is 0 Å². The zero-order chi connectivity index (χ0) is 18.2. The standard InChI is InChI=1S/C18H21N3O3S/c1-12(2)16(22)19-9-10-20-17(23)13-5-7-14(8-6-13)21-18(24)15-4-3-11-25-15/h3-8,11-12H,9-10H2,1-2H3,(H,19,22)(H,20,23)(H,21,24). The number of rotatable bonds is 7. The van der Waals surface area contributed by atoms with E-state index in [0.29, 0.717) is 29.2 Å². The molecule has 0 aliphatic heterocycles. The summed E-state index contributed by atoms with van der Waals surface area (Å²) in [6, 6.07) is 10.2. The lowest BCUT2D eigenvalue weighted by atomic mass is 10.2. The van der Waals surface area contributed by atoms with Crippen molar-refractivity contribution in [2.45, 2.75) is 13.8 Å². The lowest BCUT2D eigenvalue weighted by molar-refractivity contribution is -0.123. The summed E-state index contributed by atoms with van der Waals surface area (Å²) >= 11 is 1.37. The predicted molar refractivity (Wildman–Crippen MR) is 98.9 cm³/mol. The molecule has 2 aromatic rings. The Kier molecular flexibility index (Phi) is 6.71. The third-order valence-corrected chi connectivity index (χ3v) is 4.25. The van der Waals surface area contributed by atoms with Crippen molar-refractivity contribution in [2.75, 3.05) is 18.4 Å². The van der Waals surface area contributed by atoms with Crippen LogP contribution in [0, 0.1) is 5.92 Å². The first-order chi connectivity index (χ1) is 12.0. The van der Waals surface area contributed by atoms with E-state index < -0.39 is 0 Å². The van der Waals surface area contributed by atoms with E-state index in [4.69, 9.17) is 0 Å². The molecule has 25 heavy (non-hydrogen) atoms. The first kappa shape index (κ1) is 18.7. The Morgan fingerprint density at radius 3 is 2.24 bits per heavy atom. The second-order valence-electron chi connectivity index (χ2n) is 5.71. The molecule has 0 spiro atoms. The zero-order valence-electron chi connectivity index (χ0n) is 14.2. The van der Waals surface area contributed by atoms with Crippen molar-refractivity contribution < 1.29 is 14.4 Å². The summed E-state index contributed by atoms with van der Waals surface area (Å²) < 4.78 is 0. The van der Waals surface area contributed by atoms with Crippen molar-refractivity contribution in [3.63, 3.8) is 0 Å². The van der Waals surface area contributed by atoms with Gasteiger partial charge in [-0.1, -0.05) is 19.9 Å². The molecule has 0 saturated carbocycles. The van der Waals surface area contributed by atoms with E-state index in [-0.39, 0.29) is 23.6 Å². The maximum absolute atomic E-state index is 12.0. The molecule has 1 aromatic carbocycles. The van der Waals surface area contributed by atoms with Gasteiger partial charge in [-0.25, -0.2) is 0 Å². The lowest BCUT2D eigenvalue weighted by Crippen LogP contribution is -2.36. The second kappa shape index (κ2) is 8.98. The van der Waals surface area contributed by atoms with Crippen LogP contribution in [-0.4, -0.2) is 30.8 Å². The Bertz CT molecular complexity index is 725. The van der Waals surface area contributed by atoms with Gasteiger partial charge in [0.05, 0.1) is 4.88 Å². The molecular weight excluding hydrogens is 338 g/mol. The molecule has 7 heteroatoms. The molecule has 2 rings (SSSR count). The summed E-state index contributed by atoms with van der Waals surface area (Å²) in [6.45, 7) is 4.37. The predicted octanol–water partition coefficient (Wildman–Crippen LogP) is 2.50. The quantitative estimate of drug-likeness (QED) is 0.664. The maximum Gasteiger partial charge on any atom is 0.265 e. The van der Waals surface area contributed by atoms with E-state index in [0.717, 1.165) is 0 Å². The first-order valence-electron chi connectivity index (χ1n) is 7.98. The van der Waals surface area contributed by atoms with E-state index in [1.54, 1.807) is 30.3 Å². The van der Waals surface area contributed by atoms with Crippen LogP contribution >= 0.6 is 11.3 Å². The van der Waals surface area contributed by atoms with E-state index in [9.17, 15) is 14.4 Å². The highest BCUT2D eigenvalue weighted by molar-refractivity contribution is 7.12. The number of carbonyl (C=O) groups excluding carboxylic acids is 3. The van der Waals surface area contributed by atoms with Gasteiger partial charge in [0.15, 0.2) is 0 Å². The fourth-order valence-electron chi connectivity index (χ4n) is 1.97. The van der Waals surface area contributed by atoms with Gasteiger partial charge in [0.2, 0.25) is 5.91 Å². The minimum atomic E-state index is -0.227. The topological polar surface area (TPSA) is 87.3 Å². The highest BCUT2D eigenvalue weighted by Gasteiger charge is 2.09. The molecule has 3 amide bonds. The fourth-order valence-corrected chi connectivity index (χ4v) is 2.59. The van der Waals surface area contributed by atoms with Crippen LogP contribution < -0.4 is 16.0 Å². The Hall–Kier alpha value is -2.67. The van der Waals surface area contributed by atoms with Crippen LogP contribution in [0.2, 0.25) is 0 Å². The molecule has 0 atom stereocenters. The number of hydrogen-bond donors (Lipinski definition) is 3. The van der Waals surface area contributed by atoms with Gasteiger partial charge in [-0.3, -0.25) is 14.4 Å². The van der Waals surface area contributed by atoms with Crippen LogP contribution in [0.3, 0.4) is 0 Å². The summed E-state index contributed by atoms with van der Waals surface area (Å²) in [6.07, 6.45) is 0. The number of nitrogens with one attached hydrogen (secondary N) is 3. The molecule has 0 aliphatic rings. The molecular formula is C18H21N3O3S. The number of benzene rings is 1. The Morgan fingerprint density at radius 2 is 1.64 bits per heavy atom. The largest absolute Gasteiger partial charge is 0.354 e. The van der Waals surface area contributed by atoms with E-state index >= 15 is 0 Å². The Morgan fingerprint density at radius 1 is 0.960 bits per heavy atom. The number of carbonyl (C=O) groups is 3. The second-order valence-corrected chi connectivity index (χ2v) is 6.66. The first-order valence-corrected chi connectivity index (χ1v) is 8.86. The Labute approximate surface area is 150 Å². The third-order valence-electron chi connectivity index (χ3n) is 3.38. The fraction of sp³-hybridized carbons (Fsp3) is 0.278. The van der Waals surface area contributed by atoms with Crippen molar-refractivity contribution >= 4 is 34.7 Å². The van der Waals surface area contributed by atoms with Crippen molar-refractivity contribution in [1.29, 1.82) is 0 Å². The molecule has 0 fully saturated rings. The number of hydrogen-bond acceptors (Lipinski definition) is 4. The molecule has 0 unspecified atom stereocenters. The molecule has 3 N–H and O–H groups in total. The molecule has 1 aromatic heterocycles. The lowest BCUT2D eigenvalue weighted by Gasteiger charge is -2.09. The van der Waals surface area contributed by atoms with E-state index in [1.807, 2.05) is 25.3 Å². The minimum Gasteiger partial charge on any atom is -0.354 e. The molecule has 0 saturated heterocycles. The van der Waals surface area contributed by atoms with Gasteiger partial charge >= 0.3 is 0 Å². The van der Waals surface area contributed by atoms with Gasteiger partial charge in [0.25, 0.3) is 11.8 Å². The van der Waals surface area contributed by atoms with Crippen LogP contribution in [0.15, 0.2) is 41.8 Å². The normalized spacial score (nSPS) is 10.4. The Balaban J connectivity index is 1.80. The molecule has 0 radical (unpaired) electrons. The molecule has 1 heterocycles.